The summed E-state index contributed by atoms with van der Waals surface area (Å²) in [7, 11) is 0. The average Bonchev–Trinajstić information content (AvgIpc) is 2.24. The summed E-state index contributed by atoms with van der Waals surface area (Å²) in [5.41, 5.74) is 1.06. The molecule has 0 aliphatic carbocycles. The van der Waals surface area contributed by atoms with Crippen molar-refractivity contribution in [1.82, 2.24) is 0 Å². The number of nitrogens with zero attached hydrogens (tertiary/aromatic N) is 1. The summed E-state index contributed by atoms with van der Waals surface area (Å²) in [6.45, 7) is 9.83. The van der Waals surface area contributed by atoms with Crippen LogP contribution in [0.1, 0.15) is 33.3 Å². The Hall–Kier alpha value is -1.38. The van der Waals surface area contributed by atoms with Gasteiger partial charge in [0.15, 0.2) is 0 Å². The molecule has 80 valence electrons. The first-order chi connectivity index (χ1) is 6.70. The van der Waals surface area contributed by atoms with Gasteiger partial charge in [0.05, 0.1) is 4.92 Å². The maximum atomic E-state index is 10.2. The molecule has 0 saturated heterocycles. The van der Waals surface area contributed by atoms with Crippen LogP contribution in [0.2, 0.25) is 0 Å². The number of hydrogen-bond donors (Lipinski definition) is 0. The minimum Gasteiger partial charge on any atom is -0.258 e. The van der Waals surface area contributed by atoms with Crippen molar-refractivity contribution in [2.75, 3.05) is 0 Å². The molecule has 0 radical (unpaired) electrons. The van der Waals surface area contributed by atoms with Crippen molar-refractivity contribution in [1.29, 1.82) is 0 Å². The molecule has 0 N–H and O–H groups in total. The molecule has 1 rings (SSSR count). The van der Waals surface area contributed by atoms with E-state index in [1.54, 1.807) is 12.1 Å². The first kappa shape index (κ1) is 15.1. The fraction of sp³-hybridized carbons (Fsp3) is 0.455. The number of benzene rings is 1. The molecule has 0 aliphatic heterocycles. The fourth-order valence-electron chi connectivity index (χ4n) is 0.742. The predicted octanol–water partition coefficient (Wildman–Crippen LogP) is 3.96. The molecule has 0 spiro atoms. The second-order valence-corrected chi connectivity index (χ2v) is 2.10. The Kier molecular flexibility index (Phi) is 10.5. The minimum absolute atomic E-state index is 0.153. The lowest BCUT2D eigenvalue weighted by Crippen LogP contribution is -1.86. The summed E-state index contributed by atoms with van der Waals surface area (Å²) >= 11 is 0. The molecule has 0 heterocycles. The summed E-state index contributed by atoms with van der Waals surface area (Å²) in [5, 5.41) is 10.2. The highest BCUT2D eigenvalue weighted by Gasteiger charge is 2.01. The number of non-ortho nitro benzene ring substituents is 1. The number of aryl methyl sites for hydroxylation is 1. The highest BCUT2D eigenvalue weighted by atomic mass is 16.6. The van der Waals surface area contributed by atoms with E-state index in [4.69, 9.17) is 0 Å². The van der Waals surface area contributed by atoms with Crippen LogP contribution in [-0.2, 0) is 0 Å². The molecule has 0 aromatic heterocycles. The largest absolute Gasteiger partial charge is 0.269 e. The topological polar surface area (TPSA) is 43.1 Å². The Labute approximate surface area is 85.9 Å². The molecule has 14 heavy (non-hydrogen) atoms. The van der Waals surface area contributed by atoms with Gasteiger partial charge in [0.25, 0.3) is 5.69 Å². The first-order valence-electron chi connectivity index (χ1n) is 4.91. The Balaban J connectivity index is 0. The Morgan fingerprint density at radius 3 is 1.93 bits per heavy atom. The van der Waals surface area contributed by atoms with Gasteiger partial charge in [-0.1, -0.05) is 39.8 Å². The van der Waals surface area contributed by atoms with E-state index in [9.17, 15) is 10.1 Å². The van der Waals surface area contributed by atoms with Crippen LogP contribution in [0.3, 0.4) is 0 Å². The molecule has 3 heteroatoms. The Morgan fingerprint density at radius 1 is 1.14 bits per heavy atom. The van der Waals surface area contributed by atoms with Gasteiger partial charge in [0.2, 0.25) is 0 Å². The van der Waals surface area contributed by atoms with Crippen molar-refractivity contribution in [3.63, 3.8) is 0 Å². The van der Waals surface area contributed by atoms with Crippen molar-refractivity contribution in [3.05, 3.63) is 39.9 Å². The Bertz CT molecular complexity index is 259. The van der Waals surface area contributed by atoms with Gasteiger partial charge in [-0.2, -0.15) is 0 Å². The standard InChI is InChI=1S/C7H7NO2.2C2H6/c1-6-3-2-4-7(5-6)8(9)10;2*1-2/h2-5H,1H3;2*1-2H3. The fourth-order valence-corrected chi connectivity index (χ4v) is 0.742. The van der Waals surface area contributed by atoms with E-state index < -0.39 is 4.92 Å². The van der Waals surface area contributed by atoms with Crippen molar-refractivity contribution in [2.24, 2.45) is 0 Å². The summed E-state index contributed by atoms with van der Waals surface area (Å²) in [4.78, 5) is 9.76. The van der Waals surface area contributed by atoms with E-state index in [2.05, 4.69) is 0 Å². The molecule has 0 aliphatic rings. The van der Waals surface area contributed by atoms with Gasteiger partial charge in [-0.3, -0.25) is 10.1 Å². The molecular weight excluding hydrogens is 178 g/mol. The minimum atomic E-state index is -0.396. The third-order valence-corrected chi connectivity index (χ3v) is 1.21. The summed E-state index contributed by atoms with van der Waals surface area (Å²) < 4.78 is 0. The molecule has 0 atom stereocenters. The van der Waals surface area contributed by atoms with Crippen molar-refractivity contribution in [3.8, 4) is 0 Å². The molecule has 1 aromatic carbocycles. The summed E-state index contributed by atoms with van der Waals surface area (Å²) in [6.07, 6.45) is 0. The monoisotopic (exact) mass is 197 g/mol. The number of hydrogen-bond acceptors (Lipinski definition) is 2. The van der Waals surface area contributed by atoms with Crippen LogP contribution in [0.4, 0.5) is 5.69 Å². The van der Waals surface area contributed by atoms with Gasteiger partial charge >= 0.3 is 0 Å². The zero-order valence-electron chi connectivity index (χ0n) is 9.57. The third kappa shape index (κ3) is 6.17. The lowest BCUT2D eigenvalue weighted by atomic mass is 10.2. The van der Waals surface area contributed by atoms with Gasteiger partial charge in [0.1, 0.15) is 0 Å². The second-order valence-electron chi connectivity index (χ2n) is 2.10. The Morgan fingerprint density at radius 2 is 1.64 bits per heavy atom. The van der Waals surface area contributed by atoms with Crippen LogP contribution in [0.5, 0.6) is 0 Å². The predicted molar refractivity (Wildman–Crippen MR) is 60.5 cm³/mol. The van der Waals surface area contributed by atoms with Crippen LogP contribution in [0.15, 0.2) is 24.3 Å². The van der Waals surface area contributed by atoms with E-state index in [1.807, 2.05) is 40.7 Å². The van der Waals surface area contributed by atoms with Gasteiger partial charge in [0, 0.05) is 12.1 Å². The normalized spacial score (nSPS) is 7.50. The van der Waals surface area contributed by atoms with Crippen molar-refractivity contribution >= 4 is 5.69 Å². The van der Waals surface area contributed by atoms with E-state index in [0.717, 1.165) is 5.56 Å². The lowest BCUT2D eigenvalue weighted by molar-refractivity contribution is -0.384. The summed E-state index contributed by atoms with van der Waals surface area (Å²) in [6, 6.07) is 6.52. The first-order valence-corrected chi connectivity index (χ1v) is 4.91. The molecular formula is C11H19NO2. The highest BCUT2D eigenvalue weighted by Crippen LogP contribution is 2.11. The van der Waals surface area contributed by atoms with Gasteiger partial charge in [-0.25, -0.2) is 0 Å². The lowest BCUT2D eigenvalue weighted by Gasteiger charge is -1.90. The SMILES string of the molecule is CC.CC.Cc1cccc([N+](=O)[O-])c1. The van der Waals surface area contributed by atoms with E-state index in [0.29, 0.717) is 0 Å². The van der Waals surface area contributed by atoms with Crippen molar-refractivity contribution in [2.45, 2.75) is 34.6 Å². The quantitative estimate of drug-likeness (QED) is 0.505. The summed E-state index contributed by atoms with van der Waals surface area (Å²) in [5.74, 6) is 0. The average molecular weight is 197 g/mol. The van der Waals surface area contributed by atoms with Crippen LogP contribution in [0.25, 0.3) is 0 Å². The third-order valence-electron chi connectivity index (χ3n) is 1.21. The smallest absolute Gasteiger partial charge is 0.258 e. The molecule has 0 unspecified atom stereocenters. The molecule has 0 amide bonds. The van der Waals surface area contributed by atoms with E-state index in [1.165, 1.54) is 6.07 Å². The molecule has 0 fully saturated rings. The maximum absolute atomic E-state index is 10.2. The zero-order chi connectivity index (χ0) is 11.6. The van der Waals surface area contributed by atoms with Gasteiger partial charge in [-0.05, 0) is 12.5 Å². The molecule has 0 bridgehead atoms. The maximum Gasteiger partial charge on any atom is 0.269 e. The van der Waals surface area contributed by atoms with Crippen LogP contribution in [-0.4, -0.2) is 4.92 Å². The number of nitro groups is 1. The molecule has 1 aromatic rings. The van der Waals surface area contributed by atoms with E-state index in [-0.39, 0.29) is 5.69 Å². The molecule has 0 saturated carbocycles. The van der Waals surface area contributed by atoms with Crippen LogP contribution in [0, 0.1) is 17.0 Å². The van der Waals surface area contributed by atoms with Crippen molar-refractivity contribution < 1.29 is 4.92 Å². The van der Waals surface area contributed by atoms with E-state index >= 15 is 0 Å². The van der Waals surface area contributed by atoms with Gasteiger partial charge in [-0.15, -0.1) is 0 Å². The van der Waals surface area contributed by atoms with Crippen LogP contribution >= 0.6 is 0 Å². The second kappa shape index (κ2) is 9.71. The number of nitro benzene ring substituents is 1. The highest BCUT2D eigenvalue weighted by molar-refractivity contribution is 5.33. The number of rotatable bonds is 1. The van der Waals surface area contributed by atoms with Crippen LogP contribution < -0.4 is 0 Å². The zero-order valence-corrected chi connectivity index (χ0v) is 9.57. The van der Waals surface area contributed by atoms with Gasteiger partial charge < -0.3 is 0 Å². The molecule has 3 nitrogen and oxygen atoms in total.